The molecule has 19 heavy (non-hydrogen) atoms. The van der Waals surface area contributed by atoms with E-state index in [1.54, 1.807) is 11.3 Å². The Labute approximate surface area is 143 Å². The third-order valence-corrected chi connectivity index (χ3v) is 7.06. The molecule has 1 nitrogen and oxygen atoms in total. The van der Waals surface area contributed by atoms with Crippen LogP contribution in [0.4, 0.5) is 0 Å². The van der Waals surface area contributed by atoms with Crippen molar-refractivity contribution < 1.29 is 0 Å². The van der Waals surface area contributed by atoms with Gasteiger partial charge in [-0.2, -0.15) is 0 Å². The molecule has 1 aromatic carbocycles. The Kier molecular flexibility index (Phi) is 5.66. The van der Waals surface area contributed by atoms with E-state index >= 15 is 0 Å². The zero-order valence-electron chi connectivity index (χ0n) is 10.6. The first kappa shape index (κ1) is 15.7. The molecule has 0 aliphatic heterocycles. The smallest absolute Gasteiger partial charge is 0.0843 e. The summed E-state index contributed by atoms with van der Waals surface area (Å²) in [6, 6.07) is 8.95. The number of aryl methyl sites for hydroxylation is 1. The number of rotatable bonds is 4. The van der Waals surface area contributed by atoms with Gasteiger partial charge < -0.3 is 5.32 Å². The molecule has 1 N–H and O–H groups in total. The van der Waals surface area contributed by atoms with Crippen LogP contribution < -0.4 is 5.32 Å². The van der Waals surface area contributed by atoms with Crippen molar-refractivity contribution in [3.8, 4) is 0 Å². The fourth-order valence-corrected chi connectivity index (χ4v) is 4.47. The number of halogens is 3. The van der Waals surface area contributed by atoms with E-state index in [9.17, 15) is 0 Å². The van der Waals surface area contributed by atoms with E-state index < -0.39 is 0 Å². The van der Waals surface area contributed by atoms with Crippen LogP contribution in [-0.4, -0.2) is 6.54 Å². The predicted molar refractivity (Wildman–Crippen MR) is 94.1 cm³/mol. The van der Waals surface area contributed by atoms with Crippen LogP contribution in [0.3, 0.4) is 0 Å². The van der Waals surface area contributed by atoms with Crippen molar-refractivity contribution in [2.75, 3.05) is 6.54 Å². The van der Waals surface area contributed by atoms with Crippen LogP contribution in [0.1, 0.15) is 29.0 Å². The lowest BCUT2D eigenvalue weighted by molar-refractivity contribution is 0.639. The molecule has 2 rings (SSSR count). The largest absolute Gasteiger partial charge is 0.306 e. The Morgan fingerprint density at radius 1 is 1.16 bits per heavy atom. The maximum Gasteiger partial charge on any atom is 0.0843 e. The lowest BCUT2D eigenvalue weighted by Crippen LogP contribution is -2.21. The molecule has 0 radical (unpaired) electrons. The quantitative estimate of drug-likeness (QED) is 0.577. The fourth-order valence-electron chi connectivity index (χ4n) is 1.88. The first-order valence-electron chi connectivity index (χ1n) is 5.97. The van der Waals surface area contributed by atoms with E-state index in [1.807, 2.05) is 0 Å². The van der Waals surface area contributed by atoms with E-state index in [0.717, 1.165) is 19.3 Å². The van der Waals surface area contributed by atoms with E-state index in [4.69, 9.17) is 0 Å². The van der Waals surface area contributed by atoms with Gasteiger partial charge >= 0.3 is 0 Å². The zero-order chi connectivity index (χ0) is 14.0. The van der Waals surface area contributed by atoms with Gasteiger partial charge in [-0.3, -0.25) is 0 Å². The summed E-state index contributed by atoms with van der Waals surface area (Å²) in [6.07, 6.45) is 0. The average molecular weight is 468 g/mol. The summed E-state index contributed by atoms with van der Waals surface area (Å²) in [7, 11) is 0. The molecule has 2 aromatic rings. The van der Waals surface area contributed by atoms with Gasteiger partial charge in [-0.05, 0) is 68.6 Å². The molecule has 5 heteroatoms. The molecule has 0 saturated heterocycles. The van der Waals surface area contributed by atoms with Crippen LogP contribution >= 0.6 is 59.1 Å². The number of nitrogens with one attached hydrogen (secondary N) is 1. The second-order valence-electron chi connectivity index (χ2n) is 4.27. The van der Waals surface area contributed by atoms with Gasteiger partial charge in [0, 0.05) is 13.8 Å². The number of thiophene rings is 1. The highest BCUT2D eigenvalue weighted by Gasteiger charge is 2.17. The lowest BCUT2D eigenvalue weighted by Gasteiger charge is -2.17. The minimum Gasteiger partial charge on any atom is -0.306 e. The molecule has 0 bridgehead atoms. The van der Waals surface area contributed by atoms with Crippen molar-refractivity contribution in [2.24, 2.45) is 0 Å². The zero-order valence-corrected chi connectivity index (χ0v) is 16.2. The van der Waals surface area contributed by atoms with Crippen LogP contribution in [-0.2, 0) is 0 Å². The molecular formula is C14H14Br3NS. The number of hydrogen-bond acceptors (Lipinski definition) is 2. The minimum absolute atomic E-state index is 0.231. The Bertz CT molecular complexity index is 561. The van der Waals surface area contributed by atoms with Gasteiger partial charge in [-0.15, -0.1) is 11.3 Å². The van der Waals surface area contributed by atoms with Gasteiger partial charge in [-0.25, -0.2) is 0 Å². The van der Waals surface area contributed by atoms with Gasteiger partial charge in [0.1, 0.15) is 0 Å². The molecular weight excluding hydrogens is 454 g/mol. The summed E-state index contributed by atoms with van der Waals surface area (Å²) in [5.41, 5.74) is 2.54. The van der Waals surface area contributed by atoms with E-state index in [0.29, 0.717) is 0 Å². The minimum atomic E-state index is 0.231. The van der Waals surface area contributed by atoms with Gasteiger partial charge in [0.2, 0.25) is 0 Å². The van der Waals surface area contributed by atoms with E-state index in [-0.39, 0.29) is 6.04 Å². The van der Waals surface area contributed by atoms with Crippen molar-refractivity contribution in [3.05, 3.63) is 53.0 Å². The molecule has 0 aliphatic carbocycles. The standard InChI is InChI=1S/C14H14Br3NS/c1-3-18-13(12-7-11(16)14(17)19-12)9-5-4-8(2)10(15)6-9/h4-7,13,18H,3H2,1-2H3. The predicted octanol–water partition coefficient (Wildman–Crippen LogP) is 6.04. The summed E-state index contributed by atoms with van der Waals surface area (Å²) < 4.78 is 3.40. The maximum absolute atomic E-state index is 3.61. The molecule has 1 unspecified atom stereocenters. The van der Waals surface area contributed by atoms with Crippen molar-refractivity contribution >= 4 is 59.1 Å². The summed E-state index contributed by atoms with van der Waals surface area (Å²) in [6.45, 7) is 5.17. The van der Waals surface area contributed by atoms with Crippen LogP contribution in [0, 0.1) is 6.92 Å². The summed E-state index contributed by atoms with van der Waals surface area (Å²) in [5.74, 6) is 0. The summed E-state index contributed by atoms with van der Waals surface area (Å²) in [4.78, 5) is 1.30. The van der Waals surface area contributed by atoms with Crippen molar-refractivity contribution in [1.82, 2.24) is 5.32 Å². The van der Waals surface area contributed by atoms with E-state index in [2.05, 4.69) is 91.2 Å². The van der Waals surface area contributed by atoms with Crippen LogP contribution in [0.2, 0.25) is 0 Å². The molecule has 0 aliphatic rings. The second kappa shape index (κ2) is 6.85. The second-order valence-corrected chi connectivity index (χ2v) is 8.38. The van der Waals surface area contributed by atoms with Gasteiger partial charge in [0.05, 0.1) is 9.83 Å². The molecule has 0 amide bonds. The number of hydrogen-bond donors (Lipinski definition) is 1. The number of benzene rings is 1. The molecule has 102 valence electrons. The van der Waals surface area contributed by atoms with Crippen molar-refractivity contribution in [1.29, 1.82) is 0 Å². The third-order valence-electron chi connectivity index (χ3n) is 2.89. The lowest BCUT2D eigenvalue weighted by atomic mass is 10.0. The molecule has 1 atom stereocenters. The maximum atomic E-state index is 3.61. The van der Waals surface area contributed by atoms with Crippen molar-refractivity contribution in [2.45, 2.75) is 19.9 Å². The highest BCUT2D eigenvalue weighted by molar-refractivity contribution is 9.13. The monoisotopic (exact) mass is 465 g/mol. The van der Waals surface area contributed by atoms with Crippen molar-refractivity contribution in [3.63, 3.8) is 0 Å². The topological polar surface area (TPSA) is 12.0 Å². The molecule has 0 saturated carbocycles. The Morgan fingerprint density at radius 3 is 2.42 bits per heavy atom. The highest BCUT2D eigenvalue weighted by atomic mass is 79.9. The SMILES string of the molecule is CCNC(c1ccc(C)c(Br)c1)c1cc(Br)c(Br)s1. The molecule has 0 fully saturated rings. The summed E-state index contributed by atoms with van der Waals surface area (Å²) >= 11 is 12.5. The first-order valence-corrected chi connectivity index (χ1v) is 9.16. The third kappa shape index (κ3) is 3.70. The highest BCUT2D eigenvalue weighted by Crippen LogP contribution is 2.38. The average Bonchev–Trinajstić information content (AvgIpc) is 2.70. The van der Waals surface area contributed by atoms with E-state index in [1.165, 1.54) is 16.0 Å². The molecule has 0 spiro atoms. The molecule has 1 aromatic heterocycles. The van der Waals surface area contributed by atoms with Crippen LogP contribution in [0.5, 0.6) is 0 Å². The van der Waals surface area contributed by atoms with Gasteiger partial charge in [-0.1, -0.05) is 35.0 Å². The van der Waals surface area contributed by atoms with Crippen LogP contribution in [0.15, 0.2) is 37.0 Å². The Morgan fingerprint density at radius 2 is 1.89 bits per heavy atom. The van der Waals surface area contributed by atoms with Crippen LogP contribution in [0.25, 0.3) is 0 Å². The normalized spacial score (nSPS) is 12.7. The summed E-state index contributed by atoms with van der Waals surface area (Å²) in [5, 5.41) is 3.55. The fraction of sp³-hybridized carbons (Fsp3) is 0.286. The first-order chi connectivity index (χ1) is 9.02. The molecule has 1 heterocycles. The van der Waals surface area contributed by atoms with Gasteiger partial charge in [0.25, 0.3) is 0 Å². The van der Waals surface area contributed by atoms with Gasteiger partial charge in [0.15, 0.2) is 0 Å². The Hall–Kier alpha value is 0.320. The Balaban J connectivity index is 2.41.